The van der Waals surface area contributed by atoms with Crippen LogP contribution in [0.15, 0.2) is 53.1 Å². The smallest absolute Gasteiger partial charge is 0.166 e. The molecule has 0 fully saturated rings. The van der Waals surface area contributed by atoms with Crippen molar-refractivity contribution >= 4 is 27.7 Å². The SMILES string of the molecule is O=Cc1cccc2cnc(-c3ccc(Br)cc3)n12. The Labute approximate surface area is 112 Å². The summed E-state index contributed by atoms with van der Waals surface area (Å²) < 4.78 is 2.87. The summed E-state index contributed by atoms with van der Waals surface area (Å²) in [5.41, 5.74) is 2.49. The van der Waals surface area contributed by atoms with Crippen LogP contribution in [0.25, 0.3) is 16.9 Å². The molecule has 0 saturated carbocycles. The predicted molar refractivity (Wildman–Crippen MR) is 73.7 cm³/mol. The molecule has 0 N–H and O–H groups in total. The zero-order chi connectivity index (χ0) is 12.5. The lowest BCUT2D eigenvalue weighted by molar-refractivity contribution is 0.111. The molecular formula is C14H9BrN2O. The van der Waals surface area contributed by atoms with Crippen LogP contribution in [0, 0.1) is 0 Å². The fourth-order valence-corrected chi connectivity index (χ4v) is 2.23. The Hall–Kier alpha value is -1.94. The van der Waals surface area contributed by atoms with Crippen molar-refractivity contribution in [2.24, 2.45) is 0 Å². The van der Waals surface area contributed by atoms with Crippen molar-refractivity contribution in [3.05, 3.63) is 58.8 Å². The van der Waals surface area contributed by atoms with Gasteiger partial charge in [-0.05, 0) is 24.3 Å². The number of aromatic nitrogens is 2. The second-order valence-corrected chi connectivity index (χ2v) is 4.83. The average Bonchev–Trinajstić information content (AvgIpc) is 2.83. The van der Waals surface area contributed by atoms with E-state index in [0.717, 1.165) is 27.7 Å². The number of rotatable bonds is 2. The number of halogens is 1. The standard InChI is InChI=1S/C14H9BrN2O/c15-11-6-4-10(5-7-11)14-16-8-12-2-1-3-13(9-18)17(12)14/h1-9H. The molecule has 3 rings (SSSR count). The minimum atomic E-state index is 0.600. The molecule has 2 heterocycles. The summed E-state index contributed by atoms with van der Waals surface area (Å²) in [6, 6.07) is 13.4. The molecule has 0 aliphatic rings. The van der Waals surface area contributed by atoms with Crippen molar-refractivity contribution in [1.82, 2.24) is 9.38 Å². The van der Waals surface area contributed by atoms with Gasteiger partial charge in [-0.15, -0.1) is 0 Å². The second-order valence-electron chi connectivity index (χ2n) is 3.92. The van der Waals surface area contributed by atoms with Crippen molar-refractivity contribution in [1.29, 1.82) is 0 Å². The van der Waals surface area contributed by atoms with Crippen molar-refractivity contribution in [2.45, 2.75) is 0 Å². The molecule has 0 radical (unpaired) electrons. The van der Waals surface area contributed by atoms with Gasteiger partial charge in [-0.3, -0.25) is 9.20 Å². The lowest BCUT2D eigenvalue weighted by atomic mass is 10.2. The molecule has 0 atom stereocenters. The van der Waals surface area contributed by atoms with E-state index in [2.05, 4.69) is 20.9 Å². The highest BCUT2D eigenvalue weighted by Gasteiger charge is 2.08. The molecule has 88 valence electrons. The quantitative estimate of drug-likeness (QED) is 0.678. The predicted octanol–water partition coefficient (Wildman–Crippen LogP) is 3.58. The number of benzene rings is 1. The summed E-state index contributed by atoms with van der Waals surface area (Å²) >= 11 is 3.40. The first-order valence-corrected chi connectivity index (χ1v) is 6.26. The van der Waals surface area contributed by atoms with E-state index in [1.54, 1.807) is 12.3 Å². The van der Waals surface area contributed by atoms with Crippen molar-refractivity contribution in [2.75, 3.05) is 0 Å². The third-order valence-corrected chi connectivity index (χ3v) is 3.33. The average molecular weight is 301 g/mol. The molecule has 0 aliphatic heterocycles. The number of aldehydes is 1. The van der Waals surface area contributed by atoms with Crippen LogP contribution in [0.3, 0.4) is 0 Å². The van der Waals surface area contributed by atoms with E-state index >= 15 is 0 Å². The normalized spacial score (nSPS) is 10.7. The molecular weight excluding hydrogens is 292 g/mol. The fourth-order valence-electron chi connectivity index (χ4n) is 1.97. The van der Waals surface area contributed by atoms with Crippen molar-refractivity contribution in [3.63, 3.8) is 0 Å². The minimum absolute atomic E-state index is 0.600. The summed E-state index contributed by atoms with van der Waals surface area (Å²) in [5, 5.41) is 0. The number of imidazole rings is 1. The molecule has 3 aromatic rings. The van der Waals surface area contributed by atoms with Gasteiger partial charge in [-0.1, -0.05) is 34.1 Å². The summed E-state index contributed by atoms with van der Waals surface area (Å²) in [7, 11) is 0. The molecule has 2 aromatic heterocycles. The molecule has 4 heteroatoms. The number of carbonyl (C=O) groups is 1. The number of hydrogen-bond donors (Lipinski definition) is 0. The second kappa shape index (κ2) is 4.38. The lowest BCUT2D eigenvalue weighted by Gasteiger charge is -2.04. The van der Waals surface area contributed by atoms with Crippen LogP contribution < -0.4 is 0 Å². The van der Waals surface area contributed by atoms with Gasteiger partial charge >= 0.3 is 0 Å². The van der Waals surface area contributed by atoms with Gasteiger partial charge in [-0.2, -0.15) is 0 Å². The summed E-state index contributed by atoms with van der Waals surface area (Å²) in [5.74, 6) is 0.778. The highest BCUT2D eigenvalue weighted by molar-refractivity contribution is 9.10. The zero-order valence-corrected chi connectivity index (χ0v) is 11.0. The van der Waals surface area contributed by atoms with Gasteiger partial charge in [0, 0.05) is 10.0 Å². The minimum Gasteiger partial charge on any atom is -0.296 e. The molecule has 0 spiro atoms. The van der Waals surface area contributed by atoms with Gasteiger partial charge in [0.2, 0.25) is 0 Å². The third-order valence-electron chi connectivity index (χ3n) is 2.80. The first-order chi connectivity index (χ1) is 8.79. The van der Waals surface area contributed by atoms with E-state index in [9.17, 15) is 4.79 Å². The van der Waals surface area contributed by atoms with E-state index in [-0.39, 0.29) is 0 Å². The van der Waals surface area contributed by atoms with Crippen LogP contribution in [-0.4, -0.2) is 15.7 Å². The van der Waals surface area contributed by atoms with Gasteiger partial charge in [0.05, 0.1) is 17.4 Å². The van der Waals surface area contributed by atoms with Gasteiger partial charge in [0.15, 0.2) is 6.29 Å². The molecule has 0 unspecified atom stereocenters. The van der Waals surface area contributed by atoms with E-state index in [1.807, 2.05) is 40.8 Å². The van der Waals surface area contributed by atoms with Crippen LogP contribution in [-0.2, 0) is 0 Å². The Bertz CT molecular complexity index is 716. The number of hydrogen-bond acceptors (Lipinski definition) is 2. The van der Waals surface area contributed by atoms with Crippen molar-refractivity contribution < 1.29 is 4.79 Å². The number of nitrogens with zero attached hydrogens (tertiary/aromatic N) is 2. The van der Waals surface area contributed by atoms with Gasteiger partial charge < -0.3 is 0 Å². The number of carbonyl (C=O) groups excluding carboxylic acids is 1. The van der Waals surface area contributed by atoms with Crippen LogP contribution >= 0.6 is 15.9 Å². The Morgan fingerprint density at radius 1 is 1.11 bits per heavy atom. The molecule has 0 bridgehead atoms. The maximum absolute atomic E-state index is 11.1. The van der Waals surface area contributed by atoms with E-state index in [1.165, 1.54) is 0 Å². The maximum atomic E-state index is 11.1. The highest BCUT2D eigenvalue weighted by atomic mass is 79.9. The first-order valence-electron chi connectivity index (χ1n) is 5.47. The molecule has 1 aromatic carbocycles. The van der Waals surface area contributed by atoms with Crippen molar-refractivity contribution in [3.8, 4) is 11.4 Å². The Kier molecular flexibility index (Phi) is 2.72. The monoisotopic (exact) mass is 300 g/mol. The van der Waals surface area contributed by atoms with E-state index < -0.39 is 0 Å². The van der Waals surface area contributed by atoms with Crippen LogP contribution in [0.4, 0.5) is 0 Å². The Morgan fingerprint density at radius 2 is 1.89 bits per heavy atom. The van der Waals surface area contributed by atoms with Gasteiger partial charge in [0.25, 0.3) is 0 Å². The van der Waals surface area contributed by atoms with E-state index in [0.29, 0.717) is 5.69 Å². The summed E-state index contributed by atoms with van der Waals surface area (Å²) in [4.78, 5) is 15.5. The maximum Gasteiger partial charge on any atom is 0.166 e. The molecule has 0 amide bonds. The lowest BCUT2D eigenvalue weighted by Crippen LogP contribution is -1.97. The molecule has 18 heavy (non-hydrogen) atoms. The number of fused-ring (bicyclic) bond motifs is 1. The highest BCUT2D eigenvalue weighted by Crippen LogP contribution is 2.22. The summed E-state index contributed by atoms with van der Waals surface area (Å²) in [6.45, 7) is 0. The van der Waals surface area contributed by atoms with Gasteiger partial charge in [-0.25, -0.2) is 4.98 Å². The fraction of sp³-hybridized carbons (Fsp3) is 0. The molecule has 0 saturated heterocycles. The van der Waals surface area contributed by atoms with Crippen LogP contribution in [0.5, 0.6) is 0 Å². The van der Waals surface area contributed by atoms with Gasteiger partial charge in [0.1, 0.15) is 5.82 Å². The number of pyridine rings is 1. The Balaban J connectivity index is 2.29. The zero-order valence-electron chi connectivity index (χ0n) is 9.38. The van der Waals surface area contributed by atoms with Crippen LogP contribution in [0.2, 0.25) is 0 Å². The van der Waals surface area contributed by atoms with Crippen LogP contribution in [0.1, 0.15) is 10.5 Å². The Morgan fingerprint density at radius 3 is 2.61 bits per heavy atom. The molecule has 0 aliphatic carbocycles. The largest absolute Gasteiger partial charge is 0.296 e. The first kappa shape index (κ1) is 11.2. The summed E-state index contributed by atoms with van der Waals surface area (Å²) in [6.07, 6.45) is 2.61. The van der Waals surface area contributed by atoms with E-state index in [4.69, 9.17) is 0 Å². The third kappa shape index (κ3) is 1.75. The molecule has 3 nitrogen and oxygen atoms in total. The topological polar surface area (TPSA) is 34.4 Å².